The minimum Gasteiger partial charge on any atom is -0.465 e. The van der Waals surface area contributed by atoms with Crippen molar-refractivity contribution in [3.8, 4) is 0 Å². The van der Waals surface area contributed by atoms with Crippen molar-refractivity contribution < 1.29 is 19.1 Å². The first-order chi connectivity index (χ1) is 15.0. The van der Waals surface area contributed by atoms with Gasteiger partial charge in [-0.05, 0) is 37.3 Å². The highest BCUT2D eigenvalue weighted by Crippen LogP contribution is 2.33. The lowest BCUT2D eigenvalue weighted by Gasteiger charge is -2.23. The van der Waals surface area contributed by atoms with Gasteiger partial charge in [0.1, 0.15) is 12.0 Å². The molecule has 3 rings (SSSR count). The van der Waals surface area contributed by atoms with E-state index >= 15 is 0 Å². The Kier molecular flexibility index (Phi) is 6.66. The molecule has 0 bridgehead atoms. The molecule has 9 nitrogen and oxygen atoms in total. The molecule has 160 valence electrons. The molecule has 0 fully saturated rings. The predicted molar refractivity (Wildman–Crippen MR) is 118 cm³/mol. The van der Waals surface area contributed by atoms with Crippen molar-refractivity contribution in [2.24, 2.45) is 0 Å². The molecule has 0 aliphatic heterocycles. The summed E-state index contributed by atoms with van der Waals surface area (Å²) in [5.41, 5.74) is 8.58. The Morgan fingerprint density at radius 2 is 1.87 bits per heavy atom. The van der Waals surface area contributed by atoms with Gasteiger partial charge in [-0.3, -0.25) is 0 Å². The van der Waals surface area contributed by atoms with Gasteiger partial charge in [0.25, 0.3) is 0 Å². The first kappa shape index (κ1) is 21.6. The summed E-state index contributed by atoms with van der Waals surface area (Å²) in [7, 11) is 3.07. The van der Waals surface area contributed by atoms with E-state index in [1.165, 1.54) is 13.4 Å². The van der Waals surface area contributed by atoms with Crippen LogP contribution >= 0.6 is 0 Å². The van der Waals surface area contributed by atoms with E-state index in [0.29, 0.717) is 34.1 Å². The lowest BCUT2D eigenvalue weighted by molar-refractivity contribution is 0.0525. The number of para-hydroxylation sites is 1. The Bertz CT molecular complexity index is 1100. The Morgan fingerprint density at radius 3 is 2.61 bits per heavy atom. The van der Waals surface area contributed by atoms with Crippen molar-refractivity contribution in [3.05, 3.63) is 66.0 Å². The van der Waals surface area contributed by atoms with Crippen LogP contribution in [0.15, 0.2) is 54.9 Å². The highest BCUT2D eigenvalue weighted by atomic mass is 16.5. The van der Waals surface area contributed by atoms with Crippen molar-refractivity contribution in [2.45, 2.75) is 6.92 Å². The summed E-state index contributed by atoms with van der Waals surface area (Å²) in [4.78, 5) is 34.3. The van der Waals surface area contributed by atoms with Crippen LogP contribution in [0.1, 0.15) is 27.6 Å². The van der Waals surface area contributed by atoms with Crippen LogP contribution in [0.25, 0.3) is 0 Å². The van der Waals surface area contributed by atoms with E-state index in [-0.39, 0.29) is 12.3 Å². The molecule has 9 heteroatoms. The second-order valence-electron chi connectivity index (χ2n) is 6.45. The second-order valence-corrected chi connectivity index (χ2v) is 6.45. The highest BCUT2D eigenvalue weighted by molar-refractivity contribution is 5.97. The number of nitrogens with zero attached hydrogens (tertiary/aromatic N) is 3. The van der Waals surface area contributed by atoms with Crippen LogP contribution in [0.4, 0.5) is 28.7 Å². The minimum absolute atomic E-state index is 0.270. The molecule has 0 saturated heterocycles. The summed E-state index contributed by atoms with van der Waals surface area (Å²) in [6.07, 6.45) is 1.36. The van der Waals surface area contributed by atoms with E-state index in [4.69, 9.17) is 15.2 Å². The van der Waals surface area contributed by atoms with Crippen molar-refractivity contribution in [1.29, 1.82) is 0 Å². The maximum Gasteiger partial charge on any atom is 0.339 e. The summed E-state index contributed by atoms with van der Waals surface area (Å²) in [5.74, 6) is -0.130. The smallest absolute Gasteiger partial charge is 0.339 e. The van der Waals surface area contributed by atoms with Crippen LogP contribution in [-0.2, 0) is 9.47 Å². The number of carbonyl (C=O) groups excluding carboxylic acids is 2. The van der Waals surface area contributed by atoms with E-state index in [1.54, 1.807) is 67.4 Å². The predicted octanol–water partition coefficient (Wildman–Crippen LogP) is 3.53. The number of nitrogens with one attached hydrogen (secondary N) is 1. The number of nitrogen functional groups attached to an aromatic ring is 1. The fraction of sp³-hybridized carbons (Fsp3) is 0.182. The standard InChI is InChI=1S/C22H23N5O4/c1-4-31-21(28)14-8-7-9-15(12-14)26-19-18(23)20(25-13-24-19)27(2)17-11-6-5-10-16(17)22(29)30-3/h5-13H,4,23H2,1-3H3,(H,24,25,26). The van der Waals surface area contributed by atoms with Crippen LogP contribution in [-0.4, -0.2) is 42.7 Å². The SMILES string of the molecule is CCOC(=O)c1cccc(Nc2ncnc(N(C)c3ccccc3C(=O)OC)c2N)c1. The Labute approximate surface area is 179 Å². The van der Waals surface area contributed by atoms with Gasteiger partial charge in [0.15, 0.2) is 11.6 Å². The molecule has 0 atom stereocenters. The zero-order valence-corrected chi connectivity index (χ0v) is 17.5. The third-order valence-corrected chi connectivity index (χ3v) is 4.49. The number of hydrogen-bond donors (Lipinski definition) is 2. The maximum atomic E-state index is 12.1. The first-order valence-electron chi connectivity index (χ1n) is 9.52. The number of esters is 2. The normalized spacial score (nSPS) is 10.3. The van der Waals surface area contributed by atoms with E-state index in [0.717, 1.165) is 0 Å². The molecule has 0 saturated carbocycles. The number of nitrogens with two attached hydrogens (primary N) is 1. The van der Waals surface area contributed by atoms with Crippen molar-refractivity contribution in [3.63, 3.8) is 0 Å². The Morgan fingerprint density at radius 1 is 1.10 bits per heavy atom. The number of benzene rings is 2. The van der Waals surface area contributed by atoms with Crippen molar-refractivity contribution in [2.75, 3.05) is 36.7 Å². The number of methoxy groups -OCH3 is 1. The zero-order valence-electron chi connectivity index (χ0n) is 17.5. The van der Waals surface area contributed by atoms with Crippen LogP contribution in [0.5, 0.6) is 0 Å². The molecule has 2 aromatic carbocycles. The Hall–Kier alpha value is -4.14. The van der Waals surface area contributed by atoms with Gasteiger partial charge in [0.05, 0.1) is 30.5 Å². The van der Waals surface area contributed by atoms with Gasteiger partial charge in [-0.2, -0.15) is 0 Å². The molecule has 3 aromatic rings. The summed E-state index contributed by atoms with van der Waals surface area (Å²) in [6.45, 7) is 2.04. The minimum atomic E-state index is -0.468. The number of rotatable bonds is 7. The van der Waals surface area contributed by atoms with E-state index in [1.807, 2.05) is 0 Å². The van der Waals surface area contributed by atoms with Gasteiger partial charge < -0.3 is 25.4 Å². The molecule has 31 heavy (non-hydrogen) atoms. The van der Waals surface area contributed by atoms with Crippen LogP contribution in [0.2, 0.25) is 0 Å². The number of anilines is 5. The fourth-order valence-corrected chi connectivity index (χ4v) is 2.99. The number of aromatic nitrogens is 2. The van der Waals surface area contributed by atoms with E-state index in [9.17, 15) is 9.59 Å². The summed E-state index contributed by atoms with van der Waals surface area (Å²) in [5, 5.41) is 3.10. The summed E-state index contributed by atoms with van der Waals surface area (Å²) < 4.78 is 9.90. The molecule has 0 radical (unpaired) electrons. The van der Waals surface area contributed by atoms with Gasteiger partial charge >= 0.3 is 11.9 Å². The lowest BCUT2D eigenvalue weighted by Crippen LogP contribution is -2.18. The first-order valence-corrected chi connectivity index (χ1v) is 9.52. The van der Waals surface area contributed by atoms with Crippen LogP contribution in [0, 0.1) is 0 Å². The third-order valence-electron chi connectivity index (χ3n) is 4.49. The summed E-state index contributed by atoms with van der Waals surface area (Å²) >= 11 is 0. The van der Waals surface area contributed by atoms with Crippen LogP contribution < -0.4 is 16.0 Å². The van der Waals surface area contributed by atoms with Gasteiger partial charge in [0, 0.05) is 12.7 Å². The summed E-state index contributed by atoms with van der Waals surface area (Å²) in [6, 6.07) is 13.8. The van der Waals surface area contributed by atoms with Crippen LogP contribution in [0.3, 0.4) is 0 Å². The lowest BCUT2D eigenvalue weighted by atomic mass is 10.1. The number of hydrogen-bond acceptors (Lipinski definition) is 9. The number of ether oxygens (including phenoxy) is 2. The molecular weight excluding hydrogens is 398 g/mol. The molecule has 0 spiro atoms. The molecule has 0 aliphatic rings. The topological polar surface area (TPSA) is 120 Å². The molecule has 0 aliphatic carbocycles. The van der Waals surface area contributed by atoms with Gasteiger partial charge in [-0.1, -0.05) is 18.2 Å². The highest BCUT2D eigenvalue weighted by Gasteiger charge is 2.19. The molecule has 0 amide bonds. The molecule has 1 heterocycles. The van der Waals surface area contributed by atoms with Crippen molar-refractivity contribution >= 4 is 40.6 Å². The van der Waals surface area contributed by atoms with Gasteiger partial charge in [-0.25, -0.2) is 19.6 Å². The quantitative estimate of drug-likeness (QED) is 0.552. The molecule has 0 unspecified atom stereocenters. The van der Waals surface area contributed by atoms with Crippen molar-refractivity contribution in [1.82, 2.24) is 9.97 Å². The largest absolute Gasteiger partial charge is 0.465 e. The number of carbonyl (C=O) groups is 2. The molecular formula is C22H23N5O4. The average Bonchev–Trinajstić information content (AvgIpc) is 2.80. The zero-order chi connectivity index (χ0) is 22.4. The third kappa shape index (κ3) is 4.72. The molecule has 3 N–H and O–H groups in total. The monoisotopic (exact) mass is 421 g/mol. The Balaban J connectivity index is 1.92. The second kappa shape index (κ2) is 9.57. The van der Waals surface area contributed by atoms with E-state index < -0.39 is 11.9 Å². The average molecular weight is 421 g/mol. The van der Waals surface area contributed by atoms with E-state index in [2.05, 4.69) is 15.3 Å². The fourth-order valence-electron chi connectivity index (χ4n) is 2.99. The van der Waals surface area contributed by atoms with Gasteiger partial charge in [0.2, 0.25) is 0 Å². The maximum absolute atomic E-state index is 12.1. The van der Waals surface area contributed by atoms with Gasteiger partial charge in [-0.15, -0.1) is 0 Å². The molecule has 1 aromatic heterocycles.